The average molecular weight is 322 g/mol. The van der Waals surface area contributed by atoms with Crippen molar-refractivity contribution in [2.24, 2.45) is 0 Å². The molecule has 0 spiro atoms. The van der Waals surface area contributed by atoms with E-state index in [2.05, 4.69) is 10.3 Å². The third-order valence-electron chi connectivity index (χ3n) is 2.71. The molecule has 0 radical (unpaired) electrons. The third-order valence-corrected chi connectivity index (χ3v) is 2.97. The molecule has 1 amide bonds. The standard InChI is InChI=1S/C14H12ClN3O4/c1-9-7-11(12(18(20)21)13(15)16-9)17-14(19)22-8-10-5-3-2-4-6-10/h2-7H,8H2,1H3,(H,16,17,19). The second-order valence-electron chi connectivity index (χ2n) is 4.39. The fourth-order valence-corrected chi connectivity index (χ4v) is 2.07. The van der Waals surface area contributed by atoms with Gasteiger partial charge in [-0.05, 0) is 18.6 Å². The van der Waals surface area contributed by atoms with Crippen molar-refractivity contribution < 1.29 is 14.5 Å². The highest BCUT2D eigenvalue weighted by Gasteiger charge is 2.22. The molecule has 0 unspecified atom stereocenters. The molecule has 7 nitrogen and oxygen atoms in total. The first-order valence-corrected chi connectivity index (χ1v) is 6.64. The molecule has 0 aliphatic carbocycles. The number of halogens is 1. The van der Waals surface area contributed by atoms with Gasteiger partial charge in [0.15, 0.2) is 0 Å². The van der Waals surface area contributed by atoms with Crippen LogP contribution >= 0.6 is 11.6 Å². The van der Waals surface area contributed by atoms with Gasteiger partial charge >= 0.3 is 11.8 Å². The molecular formula is C14H12ClN3O4. The Morgan fingerprint density at radius 1 is 1.41 bits per heavy atom. The van der Waals surface area contributed by atoms with E-state index in [1.165, 1.54) is 6.07 Å². The van der Waals surface area contributed by atoms with Crippen LogP contribution in [0.3, 0.4) is 0 Å². The lowest BCUT2D eigenvalue weighted by molar-refractivity contribution is -0.384. The molecule has 0 saturated heterocycles. The number of benzene rings is 1. The number of ether oxygens (including phenoxy) is 1. The number of amides is 1. The molecule has 1 aromatic carbocycles. The summed E-state index contributed by atoms with van der Waals surface area (Å²) in [5.74, 6) is 0. The highest BCUT2D eigenvalue weighted by Crippen LogP contribution is 2.31. The number of anilines is 1. The first kappa shape index (κ1) is 15.7. The molecule has 2 rings (SSSR count). The molecular weight excluding hydrogens is 310 g/mol. The van der Waals surface area contributed by atoms with E-state index in [1.54, 1.807) is 19.1 Å². The van der Waals surface area contributed by atoms with Crippen LogP contribution in [-0.4, -0.2) is 16.0 Å². The first-order valence-electron chi connectivity index (χ1n) is 6.26. The van der Waals surface area contributed by atoms with Gasteiger partial charge < -0.3 is 4.74 Å². The van der Waals surface area contributed by atoms with Crippen LogP contribution in [0.25, 0.3) is 0 Å². The maximum Gasteiger partial charge on any atom is 0.412 e. The number of rotatable bonds is 4. The highest BCUT2D eigenvalue weighted by molar-refractivity contribution is 6.32. The minimum absolute atomic E-state index is 0.0538. The zero-order chi connectivity index (χ0) is 16.1. The van der Waals surface area contributed by atoms with Gasteiger partial charge in [-0.25, -0.2) is 9.78 Å². The Hall–Kier alpha value is -2.67. The first-order chi connectivity index (χ1) is 10.5. The molecule has 1 N–H and O–H groups in total. The quantitative estimate of drug-likeness (QED) is 0.526. The summed E-state index contributed by atoms with van der Waals surface area (Å²) in [5.41, 5.74) is 0.717. The lowest BCUT2D eigenvalue weighted by Crippen LogP contribution is -2.15. The lowest BCUT2D eigenvalue weighted by atomic mass is 10.2. The summed E-state index contributed by atoms with van der Waals surface area (Å²) in [7, 11) is 0. The van der Waals surface area contributed by atoms with Crippen molar-refractivity contribution in [3.8, 4) is 0 Å². The fourth-order valence-electron chi connectivity index (χ4n) is 1.77. The van der Waals surface area contributed by atoms with E-state index in [0.717, 1.165) is 5.56 Å². The number of nitro groups is 1. The van der Waals surface area contributed by atoms with Crippen molar-refractivity contribution in [1.29, 1.82) is 0 Å². The summed E-state index contributed by atoms with van der Waals surface area (Å²) in [6.07, 6.45) is -0.811. The summed E-state index contributed by atoms with van der Waals surface area (Å²) < 4.78 is 5.01. The monoisotopic (exact) mass is 321 g/mol. The molecule has 0 saturated carbocycles. The van der Waals surface area contributed by atoms with Gasteiger partial charge in [0.25, 0.3) is 0 Å². The number of nitrogens with one attached hydrogen (secondary N) is 1. The normalized spacial score (nSPS) is 10.1. The maximum absolute atomic E-state index is 11.8. The van der Waals surface area contributed by atoms with Crippen LogP contribution in [0.5, 0.6) is 0 Å². The van der Waals surface area contributed by atoms with Gasteiger partial charge in [-0.2, -0.15) is 0 Å². The Kier molecular flexibility index (Phi) is 4.90. The van der Waals surface area contributed by atoms with Crippen molar-refractivity contribution >= 4 is 29.1 Å². The highest BCUT2D eigenvalue weighted by atomic mass is 35.5. The number of hydrogen-bond acceptors (Lipinski definition) is 5. The van der Waals surface area contributed by atoms with Crippen LogP contribution < -0.4 is 5.32 Å². The summed E-state index contributed by atoms with van der Waals surface area (Å²) in [6.45, 7) is 1.66. The van der Waals surface area contributed by atoms with Crippen LogP contribution in [0, 0.1) is 17.0 Å². The van der Waals surface area contributed by atoms with Crippen molar-refractivity contribution in [2.75, 3.05) is 5.32 Å². The average Bonchev–Trinajstić information content (AvgIpc) is 2.45. The van der Waals surface area contributed by atoms with E-state index < -0.39 is 16.7 Å². The largest absolute Gasteiger partial charge is 0.444 e. The van der Waals surface area contributed by atoms with Crippen molar-refractivity contribution in [3.05, 3.63) is 62.9 Å². The molecule has 22 heavy (non-hydrogen) atoms. The molecule has 0 aliphatic rings. The molecule has 8 heteroatoms. The van der Waals surface area contributed by atoms with Gasteiger partial charge in [0.2, 0.25) is 5.15 Å². The maximum atomic E-state index is 11.8. The Balaban J connectivity index is 2.10. The topological polar surface area (TPSA) is 94.4 Å². The molecule has 0 bridgehead atoms. The van der Waals surface area contributed by atoms with Gasteiger partial charge in [-0.3, -0.25) is 15.4 Å². The number of aryl methyl sites for hydroxylation is 1. The van der Waals surface area contributed by atoms with E-state index in [0.29, 0.717) is 5.69 Å². The SMILES string of the molecule is Cc1cc(NC(=O)OCc2ccccc2)c([N+](=O)[O-])c(Cl)n1. The number of carbonyl (C=O) groups is 1. The van der Waals surface area contributed by atoms with Crippen LogP contribution in [0.1, 0.15) is 11.3 Å². The minimum Gasteiger partial charge on any atom is -0.444 e. The second-order valence-corrected chi connectivity index (χ2v) is 4.75. The Morgan fingerprint density at radius 2 is 2.09 bits per heavy atom. The van der Waals surface area contributed by atoms with E-state index >= 15 is 0 Å². The van der Waals surface area contributed by atoms with Crippen LogP contribution in [0.4, 0.5) is 16.2 Å². The summed E-state index contributed by atoms with van der Waals surface area (Å²) in [4.78, 5) is 25.8. The van der Waals surface area contributed by atoms with E-state index in [1.807, 2.05) is 18.2 Å². The summed E-state index contributed by atoms with van der Waals surface area (Å²) >= 11 is 5.74. The van der Waals surface area contributed by atoms with E-state index in [4.69, 9.17) is 16.3 Å². The number of nitrogens with zero attached hydrogens (tertiary/aromatic N) is 2. The van der Waals surface area contributed by atoms with Crippen LogP contribution in [0.2, 0.25) is 5.15 Å². The van der Waals surface area contributed by atoms with E-state index in [9.17, 15) is 14.9 Å². The lowest BCUT2D eigenvalue weighted by Gasteiger charge is -2.08. The van der Waals surface area contributed by atoms with E-state index in [-0.39, 0.29) is 17.4 Å². The molecule has 0 aliphatic heterocycles. The van der Waals surface area contributed by atoms with Crippen LogP contribution in [-0.2, 0) is 11.3 Å². The summed E-state index contributed by atoms with van der Waals surface area (Å²) in [6, 6.07) is 10.4. The smallest absolute Gasteiger partial charge is 0.412 e. The number of carbonyl (C=O) groups excluding carboxylic acids is 1. The molecule has 0 atom stereocenters. The fraction of sp³-hybridized carbons (Fsp3) is 0.143. The predicted molar refractivity (Wildman–Crippen MR) is 80.9 cm³/mol. The van der Waals surface area contributed by atoms with Gasteiger partial charge in [0.1, 0.15) is 12.3 Å². The molecule has 1 aromatic heterocycles. The van der Waals surface area contributed by atoms with Gasteiger partial charge in [-0.1, -0.05) is 41.9 Å². The second kappa shape index (κ2) is 6.86. The minimum atomic E-state index is -0.811. The zero-order valence-corrected chi connectivity index (χ0v) is 12.3. The van der Waals surface area contributed by atoms with Crippen LogP contribution in [0.15, 0.2) is 36.4 Å². The molecule has 1 heterocycles. The Morgan fingerprint density at radius 3 is 2.73 bits per heavy atom. The van der Waals surface area contributed by atoms with Gasteiger partial charge in [0.05, 0.1) is 4.92 Å². The predicted octanol–water partition coefficient (Wildman–Crippen LogP) is 3.70. The van der Waals surface area contributed by atoms with Crippen molar-refractivity contribution in [1.82, 2.24) is 4.98 Å². The van der Waals surface area contributed by atoms with Crippen molar-refractivity contribution in [2.45, 2.75) is 13.5 Å². The zero-order valence-electron chi connectivity index (χ0n) is 11.6. The van der Waals surface area contributed by atoms with Crippen molar-refractivity contribution in [3.63, 3.8) is 0 Å². The molecule has 0 fully saturated rings. The molecule has 114 valence electrons. The number of hydrogen-bond donors (Lipinski definition) is 1. The number of aromatic nitrogens is 1. The van der Waals surface area contributed by atoms with Gasteiger partial charge in [0, 0.05) is 5.69 Å². The third kappa shape index (κ3) is 3.92. The molecule has 2 aromatic rings. The summed E-state index contributed by atoms with van der Waals surface area (Å²) in [5, 5.41) is 13.0. The number of pyridine rings is 1. The Bertz CT molecular complexity index is 707. The Labute approximate surface area is 131 Å². The van der Waals surface area contributed by atoms with Gasteiger partial charge in [-0.15, -0.1) is 0 Å².